The molecule has 0 aromatic heterocycles. The number of fused-ring (bicyclic) bond motifs is 1. The third-order valence-electron chi connectivity index (χ3n) is 9.75. The summed E-state index contributed by atoms with van der Waals surface area (Å²) in [5.74, 6) is -1.05. The number of nitrogens with two attached hydrogens (primary N) is 1. The van der Waals surface area contributed by atoms with Gasteiger partial charge in [0, 0.05) is 89.7 Å². The van der Waals surface area contributed by atoms with Crippen LogP contribution in [0.15, 0.2) is 69.6 Å². The summed E-state index contributed by atoms with van der Waals surface area (Å²) < 4.78 is 1.11. The fourth-order valence-corrected chi connectivity index (χ4v) is 7.92. The number of ketones is 1. The van der Waals surface area contributed by atoms with Gasteiger partial charge in [-0.25, -0.2) is 4.79 Å². The third-order valence-corrected chi connectivity index (χ3v) is 11.1. The standard InChI is InChI=1S/C36H41Br2N7O4/c1-42-16-18-43(19-17-42)26-8-6-24(7-9-26)34(47)40-31(22-32(46)25-20-28(37)33(39)29(38)21-25)35(48)44-13-11-27(12-14-44)45-15-10-23-4-2-3-5-30(23)41-36(45)49/h2-9,20-21,27,31H,10-19,22,39H2,1H3,(H,40,47)(H,41,49)/t31-/m0/s1. The van der Waals surface area contributed by atoms with E-state index in [1.165, 1.54) is 0 Å². The second-order valence-electron chi connectivity index (χ2n) is 12.9. The Labute approximate surface area is 303 Å². The lowest BCUT2D eigenvalue weighted by atomic mass is 9.99. The quantitative estimate of drug-likeness (QED) is 0.216. The lowest BCUT2D eigenvalue weighted by Gasteiger charge is -2.39. The zero-order valence-electron chi connectivity index (χ0n) is 27.5. The summed E-state index contributed by atoms with van der Waals surface area (Å²) >= 11 is 6.79. The van der Waals surface area contributed by atoms with E-state index in [0.717, 1.165) is 49.5 Å². The maximum Gasteiger partial charge on any atom is 0.322 e. The van der Waals surface area contributed by atoms with Crippen LogP contribution in [0, 0.1) is 0 Å². The molecule has 258 valence electrons. The Morgan fingerprint density at radius 3 is 2.22 bits per heavy atom. The van der Waals surface area contributed by atoms with Crippen molar-refractivity contribution < 1.29 is 19.2 Å². The van der Waals surface area contributed by atoms with Gasteiger partial charge in [-0.1, -0.05) is 18.2 Å². The first kappa shape index (κ1) is 34.9. The highest BCUT2D eigenvalue weighted by atomic mass is 79.9. The predicted octanol–water partition coefficient (Wildman–Crippen LogP) is 5.00. The van der Waals surface area contributed by atoms with Crippen LogP contribution in [-0.4, -0.2) is 103 Å². The number of nitrogens with one attached hydrogen (secondary N) is 2. The van der Waals surface area contributed by atoms with Crippen LogP contribution in [0.2, 0.25) is 0 Å². The number of likely N-dealkylation sites (tertiary alicyclic amines) is 1. The second-order valence-corrected chi connectivity index (χ2v) is 14.6. The van der Waals surface area contributed by atoms with E-state index in [0.29, 0.717) is 58.2 Å². The van der Waals surface area contributed by atoms with Crippen LogP contribution in [0.3, 0.4) is 0 Å². The van der Waals surface area contributed by atoms with Crippen LogP contribution in [0.25, 0.3) is 0 Å². The van der Waals surface area contributed by atoms with Gasteiger partial charge < -0.3 is 36.0 Å². The first-order valence-electron chi connectivity index (χ1n) is 16.6. The average molecular weight is 796 g/mol. The number of carbonyl (C=O) groups is 4. The van der Waals surface area contributed by atoms with Gasteiger partial charge in [0.25, 0.3) is 5.91 Å². The Morgan fingerprint density at radius 2 is 1.55 bits per heavy atom. The fourth-order valence-electron chi connectivity index (χ4n) is 6.73. The topological polar surface area (TPSA) is 131 Å². The summed E-state index contributed by atoms with van der Waals surface area (Å²) in [6.07, 6.45) is 1.71. The Morgan fingerprint density at radius 1 is 0.898 bits per heavy atom. The number of hydrogen-bond acceptors (Lipinski definition) is 7. The molecular formula is C36H41Br2N7O4. The SMILES string of the molecule is CN1CCN(c2ccc(C(=O)N[C@@H](CC(=O)c3cc(Br)c(N)c(Br)c3)C(=O)N3CCC(N4CCc5ccccc5NC4=O)CC3)cc2)CC1. The minimum absolute atomic E-state index is 0.0312. The number of nitrogens with zero attached hydrogens (tertiary/aromatic N) is 4. The second kappa shape index (κ2) is 15.3. The number of Topliss-reactive ketones (excluding diaryl/α,β-unsaturated/α-hetero) is 1. The van der Waals surface area contributed by atoms with Gasteiger partial charge in [-0.15, -0.1) is 0 Å². The van der Waals surface area contributed by atoms with Gasteiger partial charge in [0.1, 0.15) is 6.04 Å². The van der Waals surface area contributed by atoms with Crippen LogP contribution in [0.1, 0.15) is 45.5 Å². The van der Waals surface area contributed by atoms with Crippen molar-refractivity contribution in [1.29, 1.82) is 0 Å². The molecule has 3 aromatic rings. The fraction of sp³-hybridized carbons (Fsp3) is 0.389. The molecular weight excluding hydrogens is 754 g/mol. The van der Waals surface area contributed by atoms with E-state index in [-0.39, 0.29) is 30.2 Å². The van der Waals surface area contributed by atoms with Gasteiger partial charge in [0.15, 0.2) is 5.78 Å². The third kappa shape index (κ3) is 8.11. The Balaban J connectivity index is 1.14. The minimum atomic E-state index is -1.08. The van der Waals surface area contributed by atoms with Crippen molar-refractivity contribution in [3.05, 3.63) is 86.3 Å². The molecule has 3 aromatic carbocycles. The van der Waals surface area contributed by atoms with Crippen LogP contribution in [-0.2, 0) is 11.2 Å². The number of carbonyl (C=O) groups excluding carboxylic acids is 4. The molecule has 49 heavy (non-hydrogen) atoms. The number of piperazine rings is 1. The average Bonchev–Trinajstić information content (AvgIpc) is 3.28. The number of anilines is 3. The van der Waals surface area contributed by atoms with Gasteiger partial charge >= 0.3 is 6.03 Å². The molecule has 0 radical (unpaired) electrons. The number of amides is 4. The maximum absolute atomic E-state index is 14.1. The number of rotatable bonds is 8. The predicted molar refractivity (Wildman–Crippen MR) is 198 cm³/mol. The molecule has 0 unspecified atom stereocenters. The highest BCUT2D eigenvalue weighted by Gasteiger charge is 2.35. The minimum Gasteiger partial charge on any atom is -0.397 e. The number of para-hydroxylation sites is 1. The molecule has 0 saturated carbocycles. The summed E-state index contributed by atoms with van der Waals surface area (Å²) in [4.78, 5) is 62.5. The van der Waals surface area contributed by atoms with E-state index in [1.54, 1.807) is 29.2 Å². The van der Waals surface area contributed by atoms with E-state index in [4.69, 9.17) is 5.73 Å². The van der Waals surface area contributed by atoms with Crippen LogP contribution in [0.4, 0.5) is 21.9 Å². The van der Waals surface area contributed by atoms with E-state index in [1.807, 2.05) is 41.3 Å². The Kier molecular flexibility index (Phi) is 10.9. The zero-order chi connectivity index (χ0) is 34.7. The van der Waals surface area contributed by atoms with Gasteiger partial charge in [-0.05, 0) is 106 Å². The number of halogens is 2. The molecule has 13 heteroatoms. The summed E-state index contributed by atoms with van der Waals surface area (Å²) in [5.41, 5.74) is 10.2. The summed E-state index contributed by atoms with van der Waals surface area (Å²) in [7, 11) is 2.11. The molecule has 1 atom stereocenters. The Bertz CT molecular complexity index is 1700. The molecule has 11 nitrogen and oxygen atoms in total. The van der Waals surface area contributed by atoms with Crippen molar-refractivity contribution in [3.63, 3.8) is 0 Å². The number of likely N-dealkylation sites (N-methyl/N-ethyl adjacent to an activating group) is 1. The monoisotopic (exact) mass is 793 g/mol. The smallest absolute Gasteiger partial charge is 0.322 e. The van der Waals surface area contributed by atoms with Gasteiger partial charge in [-0.3, -0.25) is 14.4 Å². The van der Waals surface area contributed by atoms with Crippen molar-refractivity contribution in [2.24, 2.45) is 0 Å². The van der Waals surface area contributed by atoms with Gasteiger partial charge in [0.05, 0.1) is 5.69 Å². The molecule has 2 fully saturated rings. The van der Waals surface area contributed by atoms with Crippen LogP contribution >= 0.6 is 31.9 Å². The molecule has 0 spiro atoms. The highest BCUT2D eigenvalue weighted by Crippen LogP contribution is 2.31. The van der Waals surface area contributed by atoms with Gasteiger partial charge in [-0.2, -0.15) is 0 Å². The molecule has 0 bridgehead atoms. The van der Waals surface area contributed by atoms with Crippen molar-refractivity contribution >= 4 is 72.6 Å². The van der Waals surface area contributed by atoms with Crippen molar-refractivity contribution in [1.82, 2.24) is 20.0 Å². The first-order chi connectivity index (χ1) is 23.6. The van der Waals surface area contributed by atoms with Crippen molar-refractivity contribution in [3.8, 4) is 0 Å². The largest absolute Gasteiger partial charge is 0.397 e. The van der Waals surface area contributed by atoms with E-state index >= 15 is 0 Å². The molecule has 4 amide bonds. The number of benzene rings is 3. The molecule has 2 saturated heterocycles. The maximum atomic E-state index is 14.1. The molecule has 6 rings (SSSR count). The van der Waals surface area contributed by atoms with Crippen LogP contribution in [0.5, 0.6) is 0 Å². The number of hydrogen-bond donors (Lipinski definition) is 3. The lowest BCUT2D eigenvalue weighted by molar-refractivity contribution is -0.134. The first-order valence-corrected chi connectivity index (χ1v) is 18.2. The number of urea groups is 1. The van der Waals surface area contributed by atoms with Crippen molar-refractivity contribution in [2.45, 2.75) is 37.8 Å². The molecule has 4 N–H and O–H groups in total. The number of nitrogen functional groups attached to an aromatic ring is 1. The Hall–Kier alpha value is -3.94. The van der Waals surface area contributed by atoms with E-state index in [9.17, 15) is 19.2 Å². The lowest BCUT2D eigenvalue weighted by Crippen LogP contribution is -2.54. The van der Waals surface area contributed by atoms with E-state index in [2.05, 4.69) is 59.3 Å². The molecule has 3 aliphatic heterocycles. The summed E-state index contributed by atoms with van der Waals surface area (Å²) in [6.45, 7) is 5.15. The normalized spacial score (nSPS) is 17.9. The molecule has 0 aliphatic carbocycles. The molecule has 3 aliphatic rings. The summed E-state index contributed by atoms with van der Waals surface area (Å²) in [6, 6.07) is 17.2. The zero-order valence-corrected chi connectivity index (χ0v) is 30.6. The van der Waals surface area contributed by atoms with E-state index < -0.39 is 11.9 Å². The van der Waals surface area contributed by atoms with Crippen molar-refractivity contribution in [2.75, 3.05) is 68.8 Å². The molecule has 3 heterocycles. The van der Waals surface area contributed by atoms with Crippen LogP contribution < -0.4 is 21.3 Å². The number of piperidine rings is 1. The van der Waals surface area contributed by atoms with Gasteiger partial charge in [0.2, 0.25) is 5.91 Å². The highest BCUT2D eigenvalue weighted by molar-refractivity contribution is 9.11. The summed E-state index contributed by atoms with van der Waals surface area (Å²) in [5, 5.41) is 5.92.